The Balaban J connectivity index is 1.93. The van der Waals surface area contributed by atoms with E-state index in [9.17, 15) is 13.6 Å². The van der Waals surface area contributed by atoms with Crippen molar-refractivity contribution in [2.45, 2.75) is 26.4 Å². The Morgan fingerprint density at radius 1 is 1.23 bits per heavy atom. The third-order valence-electron chi connectivity index (χ3n) is 4.47. The Morgan fingerprint density at radius 3 is 2.53 bits per heavy atom. The normalized spacial score (nSPS) is 11.8. The highest BCUT2D eigenvalue weighted by molar-refractivity contribution is 5.95. The third-order valence-corrected chi connectivity index (χ3v) is 4.47. The number of oxazole rings is 1. The van der Waals surface area contributed by atoms with E-state index in [4.69, 9.17) is 13.9 Å². The summed E-state index contributed by atoms with van der Waals surface area (Å²) in [6.07, 6.45) is 1.32. The second-order valence-electron chi connectivity index (χ2n) is 6.60. The van der Waals surface area contributed by atoms with E-state index in [1.807, 2.05) is 12.1 Å². The number of carbonyl (C=O) groups excluding carboxylic acids is 1. The second-order valence-corrected chi connectivity index (χ2v) is 6.60. The quantitative estimate of drug-likeness (QED) is 0.350. The predicted octanol–water partition coefficient (Wildman–Crippen LogP) is 5.70. The van der Waals surface area contributed by atoms with E-state index in [2.05, 4.69) is 11.6 Å². The lowest BCUT2D eigenvalue weighted by molar-refractivity contribution is 0.100. The summed E-state index contributed by atoms with van der Waals surface area (Å²) in [5.74, 6) is -1.49. The zero-order valence-corrected chi connectivity index (χ0v) is 16.9. The van der Waals surface area contributed by atoms with Crippen molar-refractivity contribution in [1.29, 1.82) is 0 Å². The fourth-order valence-electron chi connectivity index (χ4n) is 2.98. The first-order valence-corrected chi connectivity index (χ1v) is 9.26. The molecule has 7 heteroatoms. The second kappa shape index (κ2) is 8.90. The lowest BCUT2D eigenvalue weighted by Gasteiger charge is -2.13. The van der Waals surface area contributed by atoms with E-state index in [1.54, 1.807) is 32.2 Å². The summed E-state index contributed by atoms with van der Waals surface area (Å²) in [4.78, 5) is 16.0. The molecule has 30 heavy (non-hydrogen) atoms. The highest BCUT2D eigenvalue weighted by Crippen LogP contribution is 2.32. The number of methoxy groups -OCH3 is 1. The first-order chi connectivity index (χ1) is 14.3. The number of nitrogens with zero attached hydrogens (tertiary/aromatic N) is 1. The molecule has 2 aromatic carbocycles. The number of hydrogen-bond acceptors (Lipinski definition) is 5. The number of carbonyl (C=O) groups is 1. The number of Topliss-reactive ketones (excluding diaryl/α,β-unsaturated/α-hetero) is 1. The Morgan fingerprint density at radius 2 is 1.93 bits per heavy atom. The molecule has 1 unspecified atom stereocenters. The summed E-state index contributed by atoms with van der Waals surface area (Å²) in [6, 6.07) is 9.42. The van der Waals surface area contributed by atoms with Gasteiger partial charge in [-0.05, 0) is 50.2 Å². The molecular weight excluding hydrogens is 392 g/mol. The Bertz CT molecular complexity index is 1070. The van der Waals surface area contributed by atoms with Gasteiger partial charge in [-0.25, -0.2) is 13.8 Å². The van der Waals surface area contributed by atoms with Crippen LogP contribution in [-0.4, -0.2) is 17.9 Å². The summed E-state index contributed by atoms with van der Waals surface area (Å²) >= 11 is 0. The van der Waals surface area contributed by atoms with Gasteiger partial charge in [0.2, 0.25) is 5.89 Å². The number of benzene rings is 2. The highest BCUT2D eigenvalue weighted by atomic mass is 19.1. The molecule has 0 aliphatic heterocycles. The minimum Gasteiger partial charge on any atom is -0.497 e. The van der Waals surface area contributed by atoms with Crippen LogP contribution in [0.4, 0.5) is 8.78 Å². The molecule has 1 atom stereocenters. The first-order valence-electron chi connectivity index (χ1n) is 9.26. The maximum absolute atomic E-state index is 14.5. The minimum atomic E-state index is -1.05. The van der Waals surface area contributed by atoms with Crippen molar-refractivity contribution in [3.63, 3.8) is 0 Å². The molecule has 0 aliphatic carbocycles. The molecule has 0 N–H and O–H groups in total. The molecule has 0 bridgehead atoms. The molecule has 156 valence electrons. The third kappa shape index (κ3) is 4.25. The summed E-state index contributed by atoms with van der Waals surface area (Å²) in [5, 5.41) is 0. The van der Waals surface area contributed by atoms with Crippen molar-refractivity contribution >= 4 is 5.78 Å². The van der Waals surface area contributed by atoms with Crippen LogP contribution in [0.15, 0.2) is 53.5 Å². The van der Waals surface area contributed by atoms with Gasteiger partial charge in [-0.1, -0.05) is 6.08 Å². The number of allylic oxidation sites excluding steroid dienone is 1. The topological polar surface area (TPSA) is 61.6 Å². The van der Waals surface area contributed by atoms with E-state index >= 15 is 0 Å². The maximum atomic E-state index is 14.5. The number of ether oxygens (including phenoxy) is 2. The number of hydrogen-bond donors (Lipinski definition) is 0. The van der Waals surface area contributed by atoms with Gasteiger partial charge in [-0.3, -0.25) is 4.79 Å². The van der Waals surface area contributed by atoms with Gasteiger partial charge < -0.3 is 13.9 Å². The van der Waals surface area contributed by atoms with Crippen LogP contribution in [-0.2, 0) is 6.42 Å². The van der Waals surface area contributed by atoms with Gasteiger partial charge in [0.1, 0.15) is 23.0 Å². The Hall–Kier alpha value is -3.48. The Labute approximate surface area is 173 Å². The molecule has 0 saturated heterocycles. The molecule has 1 aromatic heterocycles. The lowest BCUT2D eigenvalue weighted by atomic mass is 10.1. The summed E-state index contributed by atoms with van der Waals surface area (Å²) in [5.41, 5.74) is 0.770. The fourth-order valence-corrected chi connectivity index (χ4v) is 2.98. The van der Waals surface area contributed by atoms with Crippen LogP contribution in [0.1, 0.15) is 42.0 Å². The van der Waals surface area contributed by atoms with Crippen LogP contribution < -0.4 is 9.47 Å². The molecule has 0 fully saturated rings. The molecule has 0 amide bonds. The van der Waals surface area contributed by atoms with Crippen LogP contribution in [0, 0.1) is 11.6 Å². The van der Waals surface area contributed by atoms with Crippen molar-refractivity contribution in [3.05, 3.63) is 77.9 Å². The average Bonchev–Trinajstić information content (AvgIpc) is 3.14. The molecule has 3 rings (SSSR count). The minimum absolute atomic E-state index is 0.214. The number of ketones is 1. The summed E-state index contributed by atoms with van der Waals surface area (Å²) in [6.45, 7) is 6.44. The monoisotopic (exact) mass is 413 g/mol. The molecular formula is C23H21F2NO4. The van der Waals surface area contributed by atoms with Gasteiger partial charge in [-0.2, -0.15) is 0 Å². The first kappa shape index (κ1) is 21.2. The fraction of sp³-hybridized carbons (Fsp3) is 0.217. The highest BCUT2D eigenvalue weighted by Gasteiger charge is 2.23. The van der Waals surface area contributed by atoms with E-state index in [-0.39, 0.29) is 11.6 Å². The van der Waals surface area contributed by atoms with Crippen molar-refractivity contribution in [3.8, 4) is 22.8 Å². The Kier molecular flexibility index (Phi) is 6.30. The largest absolute Gasteiger partial charge is 0.497 e. The van der Waals surface area contributed by atoms with Gasteiger partial charge in [-0.15, -0.1) is 6.58 Å². The standard InChI is InChI=1S/C23H21F2NO4/c1-5-6-19-22(15-7-9-16(28-4)10-8-15)26-23(30-19)14(3)29-18-12-11-17(24)20(13(2)27)21(18)25/h5,7-12,14H,1,6H2,2-4H3. The molecule has 0 aliphatic rings. The van der Waals surface area contributed by atoms with Gasteiger partial charge in [0, 0.05) is 12.0 Å². The maximum Gasteiger partial charge on any atom is 0.236 e. The van der Waals surface area contributed by atoms with Gasteiger partial charge in [0.05, 0.1) is 12.7 Å². The van der Waals surface area contributed by atoms with E-state index in [0.29, 0.717) is 23.6 Å². The van der Waals surface area contributed by atoms with Gasteiger partial charge >= 0.3 is 0 Å². The van der Waals surface area contributed by atoms with Crippen molar-refractivity contribution < 1.29 is 27.5 Å². The zero-order valence-electron chi connectivity index (χ0n) is 16.9. The van der Waals surface area contributed by atoms with Crippen LogP contribution in [0.25, 0.3) is 11.3 Å². The van der Waals surface area contributed by atoms with E-state index < -0.39 is 29.1 Å². The average molecular weight is 413 g/mol. The molecule has 0 saturated carbocycles. The van der Waals surface area contributed by atoms with Crippen LogP contribution in [0.3, 0.4) is 0 Å². The molecule has 0 radical (unpaired) electrons. The van der Waals surface area contributed by atoms with Gasteiger partial charge in [0.25, 0.3) is 0 Å². The van der Waals surface area contributed by atoms with Crippen LogP contribution in [0.5, 0.6) is 11.5 Å². The zero-order chi connectivity index (χ0) is 21.8. The summed E-state index contributed by atoms with van der Waals surface area (Å²) in [7, 11) is 1.58. The van der Waals surface area contributed by atoms with Crippen LogP contribution in [0.2, 0.25) is 0 Å². The van der Waals surface area contributed by atoms with E-state index in [0.717, 1.165) is 24.6 Å². The van der Waals surface area contributed by atoms with Crippen molar-refractivity contribution in [2.24, 2.45) is 0 Å². The number of halogens is 2. The SMILES string of the molecule is C=CCc1oc(C(C)Oc2ccc(F)c(C(C)=O)c2F)nc1-c1ccc(OC)cc1. The lowest BCUT2D eigenvalue weighted by Crippen LogP contribution is -2.08. The molecule has 3 aromatic rings. The molecule has 1 heterocycles. The number of rotatable bonds is 8. The van der Waals surface area contributed by atoms with Crippen molar-refractivity contribution in [2.75, 3.05) is 7.11 Å². The molecule has 0 spiro atoms. The van der Waals surface area contributed by atoms with Gasteiger partial charge in [0.15, 0.2) is 23.5 Å². The van der Waals surface area contributed by atoms with Crippen molar-refractivity contribution in [1.82, 2.24) is 4.98 Å². The predicted molar refractivity (Wildman–Crippen MR) is 108 cm³/mol. The van der Waals surface area contributed by atoms with E-state index in [1.165, 1.54) is 0 Å². The summed E-state index contributed by atoms with van der Waals surface area (Å²) < 4.78 is 44.9. The smallest absolute Gasteiger partial charge is 0.236 e. The molecule has 5 nitrogen and oxygen atoms in total. The van der Waals surface area contributed by atoms with Crippen LogP contribution >= 0.6 is 0 Å². The number of aromatic nitrogens is 1.